The molecule has 0 unspecified atom stereocenters. The maximum Gasteiger partial charge on any atom is 0.328 e. The predicted octanol–water partition coefficient (Wildman–Crippen LogP) is 2.23. The highest BCUT2D eigenvalue weighted by Crippen LogP contribution is 2.18. The molecule has 1 saturated heterocycles. The molecule has 1 amide bonds. The van der Waals surface area contributed by atoms with Crippen molar-refractivity contribution in [3.63, 3.8) is 0 Å². The van der Waals surface area contributed by atoms with E-state index in [1.807, 2.05) is 18.2 Å². The van der Waals surface area contributed by atoms with Gasteiger partial charge in [-0.05, 0) is 49.5 Å². The minimum absolute atomic E-state index is 0.242. The molecule has 39 heavy (non-hydrogen) atoms. The summed E-state index contributed by atoms with van der Waals surface area (Å²) in [6, 6.07) is 14.3. The summed E-state index contributed by atoms with van der Waals surface area (Å²) in [5, 5.41) is 19.3. The number of hydrogen-bond acceptors (Lipinski definition) is 9. The fourth-order valence-electron chi connectivity index (χ4n) is 3.56. The zero-order valence-corrected chi connectivity index (χ0v) is 21.7. The average Bonchev–Trinajstić information content (AvgIpc) is 2.93. The fourth-order valence-corrected chi connectivity index (χ4v) is 3.56. The third-order valence-electron chi connectivity index (χ3n) is 5.74. The number of aliphatic carboxylic acids is 2. The second kappa shape index (κ2) is 14.4. The largest absolute Gasteiger partial charge is 0.497 e. The number of pyridine rings is 2. The van der Waals surface area contributed by atoms with Crippen molar-refractivity contribution in [2.75, 3.05) is 58.8 Å². The first kappa shape index (κ1) is 29.0. The number of ether oxygens (including phenoxy) is 2. The van der Waals surface area contributed by atoms with Crippen LogP contribution in [0.5, 0.6) is 11.6 Å². The maximum absolute atomic E-state index is 12.5. The molecule has 1 aliphatic rings. The average molecular weight is 538 g/mol. The number of carboxylic acid groups (broad SMARTS) is 2. The number of nitrogens with one attached hydrogen (secondary N) is 1. The van der Waals surface area contributed by atoms with E-state index >= 15 is 0 Å². The quantitative estimate of drug-likeness (QED) is 0.344. The molecule has 4 rings (SSSR count). The van der Waals surface area contributed by atoms with Gasteiger partial charge in [0, 0.05) is 61.9 Å². The van der Waals surface area contributed by atoms with E-state index in [-0.39, 0.29) is 5.91 Å². The standard InChI is InChI=1S/C23H27N5O3.C4H4O4/c1-27-11-13-28(14-12-27)15-16-31-21-10-6-17-5-9-20(24-22(17)26-21)25-23(29)18-3-7-19(30-2)8-4-18;5-3(6)1-2-4(7)8/h3-10H,11-16H2,1-2H3,(H,24,25,26,29);1-2H,(H,5,6)(H,7,8). The summed E-state index contributed by atoms with van der Waals surface area (Å²) in [7, 11) is 3.74. The van der Waals surface area contributed by atoms with E-state index in [0.717, 1.165) is 38.1 Å². The Balaban J connectivity index is 0.000000459. The van der Waals surface area contributed by atoms with Gasteiger partial charge in [0.05, 0.1) is 7.11 Å². The Morgan fingerprint density at radius 2 is 1.56 bits per heavy atom. The van der Waals surface area contributed by atoms with Crippen LogP contribution in [-0.2, 0) is 9.59 Å². The first-order valence-corrected chi connectivity index (χ1v) is 12.1. The number of amides is 1. The molecule has 0 radical (unpaired) electrons. The molecule has 1 aliphatic heterocycles. The number of anilines is 1. The molecule has 12 nitrogen and oxygen atoms in total. The van der Waals surface area contributed by atoms with Crippen molar-refractivity contribution in [3.05, 3.63) is 66.2 Å². The normalized spacial score (nSPS) is 13.9. The van der Waals surface area contributed by atoms with E-state index in [4.69, 9.17) is 19.7 Å². The maximum atomic E-state index is 12.5. The van der Waals surface area contributed by atoms with E-state index in [0.29, 0.717) is 47.4 Å². The fraction of sp³-hybridized carbons (Fsp3) is 0.296. The van der Waals surface area contributed by atoms with Crippen molar-refractivity contribution in [1.82, 2.24) is 19.8 Å². The number of rotatable bonds is 9. The van der Waals surface area contributed by atoms with Crippen molar-refractivity contribution in [2.45, 2.75) is 0 Å². The second-order valence-corrected chi connectivity index (χ2v) is 8.58. The van der Waals surface area contributed by atoms with Crippen molar-refractivity contribution < 1.29 is 34.1 Å². The van der Waals surface area contributed by atoms with Gasteiger partial charge >= 0.3 is 11.9 Å². The molecule has 3 N–H and O–H groups in total. The zero-order valence-electron chi connectivity index (χ0n) is 21.7. The Labute approximate surface area is 225 Å². The van der Waals surface area contributed by atoms with E-state index in [9.17, 15) is 14.4 Å². The van der Waals surface area contributed by atoms with E-state index in [1.54, 1.807) is 37.4 Å². The van der Waals surface area contributed by atoms with Crippen LogP contribution in [0.1, 0.15) is 10.4 Å². The van der Waals surface area contributed by atoms with Crippen molar-refractivity contribution in [1.29, 1.82) is 0 Å². The summed E-state index contributed by atoms with van der Waals surface area (Å²) in [5.74, 6) is -1.08. The molecule has 3 heterocycles. The van der Waals surface area contributed by atoms with Crippen LogP contribution in [0.3, 0.4) is 0 Å². The van der Waals surface area contributed by atoms with Gasteiger partial charge in [0.25, 0.3) is 5.91 Å². The third-order valence-corrected chi connectivity index (χ3v) is 5.74. The number of benzene rings is 1. The lowest BCUT2D eigenvalue weighted by Crippen LogP contribution is -2.45. The Bertz CT molecular complexity index is 1290. The molecule has 0 saturated carbocycles. The summed E-state index contributed by atoms with van der Waals surface area (Å²) in [5.41, 5.74) is 1.06. The van der Waals surface area contributed by atoms with Gasteiger partial charge in [-0.3, -0.25) is 9.69 Å². The number of methoxy groups -OCH3 is 1. The van der Waals surface area contributed by atoms with E-state index < -0.39 is 11.9 Å². The minimum Gasteiger partial charge on any atom is -0.497 e. The van der Waals surface area contributed by atoms with Gasteiger partial charge in [0.2, 0.25) is 5.88 Å². The van der Waals surface area contributed by atoms with Gasteiger partial charge in [-0.15, -0.1) is 0 Å². The third kappa shape index (κ3) is 9.68. The number of piperazine rings is 1. The smallest absolute Gasteiger partial charge is 0.328 e. The zero-order chi connectivity index (χ0) is 28.2. The van der Waals surface area contributed by atoms with Crippen LogP contribution in [0.15, 0.2) is 60.7 Å². The molecule has 1 fully saturated rings. The van der Waals surface area contributed by atoms with Crippen LogP contribution in [-0.4, -0.2) is 101 Å². The Morgan fingerprint density at radius 3 is 2.18 bits per heavy atom. The molecule has 0 spiro atoms. The monoisotopic (exact) mass is 537 g/mol. The van der Waals surface area contributed by atoms with Gasteiger partial charge in [-0.2, -0.15) is 4.98 Å². The molecule has 12 heteroatoms. The molecule has 3 aromatic rings. The lowest BCUT2D eigenvalue weighted by Gasteiger charge is -2.32. The van der Waals surface area contributed by atoms with Crippen molar-refractivity contribution in [2.24, 2.45) is 0 Å². The van der Waals surface area contributed by atoms with Crippen molar-refractivity contribution >= 4 is 34.7 Å². The molecule has 1 aromatic carbocycles. The topological polar surface area (TPSA) is 154 Å². The number of likely N-dealkylation sites (N-methyl/N-ethyl adjacent to an activating group) is 1. The molecular weight excluding hydrogens is 506 g/mol. The van der Waals surface area contributed by atoms with Crippen LogP contribution in [0.4, 0.5) is 5.82 Å². The highest BCUT2D eigenvalue weighted by atomic mass is 16.5. The molecular formula is C27H31N5O7. The number of carbonyl (C=O) groups excluding carboxylic acids is 1. The van der Waals surface area contributed by atoms with Gasteiger partial charge in [-0.25, -0.2) is 14.6 Å². The summed E-state index contributed by atoms with van der Waals surface area (Å²) >= 11 is 0. The van der Waals surface area contributed by atoms with Crippen LogP contribution >= 0.6 is 0 Å². The van der Waals surface area contributed by atoms with Gasteiger partial charge in [0.1, 0.15) is 18.2 Å². The number of hydrogen-bond donors (Lipinski definition) is 3. The second-order valence-electron chi connectivity index (χ2n) is 8.58. The highest BCUT2D eigenvalue weighted by molar-refractivity contribution is 6.04. The highest BCUT2D eigenvalue weighted by Gasteiger charge is 2.13. The molecule has 0 bridgehead atoms. The van der Waals surface area contributed by atoms with Crippen LogP contribution in [0.2, 0.25) is 0 Å². The number of carboxylic acids is 2. The molecule has 0 aliphatic carbocycles. The summed E-state index contributed by atoms with van der Waals surface area (Å²) in [4.78, 5) is 45.3. The van der Waals surface area contributed by atoms with Crippen LogP contribution in [0, 0.1) is 0 Å². The van der Waals surface area contributed by atoms with E-state index in [2.05, 4.69) is 32.1 Å². The summed E-state index contributed by atoms with van der Waals surface area (Å²) in [6.07, 6.45) is 1.12. The molecule has 2 aromatic heterocycles. The minimum atomic E-state index is -1.26. The first-order chi connectivity index (χ1) is 18.7. The van der Waals surface area contributed by atoms with Gasteiger partial charge < -0.3 is 29.9 Å². The predicted molar refractivity (Wildman–Crippen MR) is 144 cm³/mol. The molecule has 0 atom stereocenters. The SMILES string of the molecule is COc1ccc(C(=O)Nc2ccc3ccc(OCCN4CCN(C)CC4)nc3n2)cc1.O=C(O)C=CC(=O)O. The van der Waals surface area contributed by atoms with Gasteiger partial charge in [0.15, 0.2) is 5.65 Å². The summed E-state index contributed by atoms with van der Waals surface area (Å²) < 4.78 is 11.0. The van der Waals surface area contributed by atoms with Gasteiger partial charge in [-0.1, -0.05) is 0 Å². The Morgan fingerprint density at radius 1 is 0.923 bits per heavy atom. The number of nitrogens with zero attached hydrogens (tertiary/aromatic N) is 4. The molecule has 206 valence electrons. The lowest BCUT2D eigenvalue weighted by atomic mass is 10.2. The van der Waals surface area contributed by atoms with Crippen LogP contribution in [0.25, 0.3) is 11.0 Å². The van der Waals surface area contributed by atoms with Crippen molar-refractivity contribution in [3.8, 4) is 11.6 Å². The van der Waals surface area contributed by atoms with E-state index in [1.165, 1.54) is 0 Å². The number of fused-ring (bicyclic) bond motifs is 1. The number of carbonyl (C=O) groups is 3. The number of aromatic nitrogens is 2. The lowest BCUT2D eigenvalue weighted by molar-refractivity contribution is -0.134. The Kier molecular flexibility index (Phi) is 10.7. The van der Waals surface area contributed by atoms with Crippen LogP contribution < -0.4 is 14.8 Å². The Hall–Kier alpha value is -4.55. The first-order valence-electron chi connectivity index (χ1n) is 12.1. The summed E-state index contributed by atoms with van der Waals surface area (Å²) in [6.45, 7) is 5.75.